The zero-order valence-electron chi connectivity index (χ0n) is 13.8. The van der Waals surface area contributed by atoms with Crippen molar-refractivity contribution in [2.45, 2.75) is 32.4 Å². The summed E-state index contributed by atoms with van der Waals surface area (Å²) < 4.78 is 2.01. The number of carbonyl (C=O) groups excluding carboxylic acids is 1. The number of aromatic amines is 1. The van der Waals surface area contributed by atoms with Crippen LogP contribution in [-0.2, 0) is 30.7 Å². The topological polar surface area (TPSA) is 53.9 Å². The van der Waals surface area contributed by atoms with Crippen LogP contribution in [0.15, 0.2) is 30.5 Å². The number of rotatable bonds is 1. The molecule has 25 heavy (non-hydrogen) atoms. The molecule has 5 nitrogen and oxygen atoms in total. The maximum Gasteiger partial charge on any atom is 0.226 e. The van der Waals surface area contributed by atoms with Crippen molar-refractivity contribution in [2.24, 2.45) is 5.92 Å². The monoisotopic (exact) mass is 354 g/mol. The van der Waals surface area contributed by atoms with Crippen molar-refractivity contribution in [3.8, 4) is 0 Å². The molecule has 4 heterocycles. The number of nitrogens with zero attached hydrogens (tertiary/aromatic N) is 3. The highest BCUT2D eigenvalue weighted by molar-refractivity contribution is 6.31. The van der Waals surface area contributed by atoms with Crippen molar-refractivity contribution >= 4 is 28.4 Å². The number of fused-ring (bicyclic) bond motifs is 4. The van der Waals surface area contributed by atoms with Gasteiger partial charge in [-0.3, -0.25) is 9.48 Å². The van der Waals surface area contributed by atoms with E-state index in [-0.39, 0.29) is 11.8 Å². The summed E-state index contributed by atoms with van der Waals surface area (Å²) in [6.45, 7) is 2.28. The van der Waals surface area contributed by atoms with Gasteiger partial charge in [0.15, 0.2) is 0 Å². The van der Waals surface area contributed by atoms with Crippen LogP contribution in [0.1, 0.15) is 23.4 Å². The molecule has 128 valence electrons. The molecule has 0 aliphatic carbocycles. The zero-order valence-corrected chi connectivity index (χ0v) is 14.6. The molecule has 2 aromatic heterocycles. The molecule has 1 aromatic carbocycles. The first-order valence-corrected chi connectivity index (χ1v) is 9.15. The van der Waals surface area contributed by atoms with Gasteiger partial charge < -0.3 is 9.88 Å². The number of amides is 1. The summed E-state index contributed by atoms with van der Waals surface area (Å²) in [5, 5.41) is 6.18. The van der Waals surface area contributed by atoms with E-state index in [1.807, 2.05) is 40.0 Å². The lowest BCUT2D eigenvalue weighted by molar-refractivity contribution is -0.137. The zero-order chi connectivity index (χ0) is 17.0. The molecule has 0 bridgehead atoms. The molecule has 0 saturated heterocycles. The molecule has 1 unspecified atom stereocenters. The second-order valence-electron chi connectivity index (χ2n) is 7.02. The first kappa shape index (κ1) is 15.0. The van der Waals surface area contributed by atoms with Gasteiger partial charge in [-0.15, -0.1) is 0 Å². The van der Waals surface area contributed by atoms with Gasteiger partial charge in [0.1, 0.15) is 0 Å². The van der Waals surface area contributed by atoms with Gasteiger partial charge in [0, 0.05) is 77.5 Å². The average Bonchev–Trinajstić information content (AvgIpc) is 3.24. The fraction of sp³-hybridized carbons (Fsp3) is 0.368. The summed E-state index contributed by atoms with van der Waals surface area (Å²) in [5.74, 6) is 0.342. The molecule has 0 spiro atoms. The highest BCUT2D eigenvalue weighted by Crippen LogP contribution is 2.31. The SMILES string of the molecule is O=C(C1CCn2nccc2C1)N1CCc2[nH]c3ccc(Cl)cc3c2C1. The van der Waals surface area contributed by atoms with E-state index in [1.165, 1.54) is 17.0 Å². The minimum Gasteiger partial charge on any atom is -0.358 e. The van der Waals surface area contributed by atoms with Crippen LogP contribution >= 0.6 is 11.6 Å². The van der Waals surface area contributed by atoms with Gasteiger partial charge in [-0.25, -0.2) is 0 Å². The van der Waals surface area contributed by atoms with Crippen molar-refractivity contribution in [1.29, 1.82) is 0 Å². The second-order valence-corrected chi connectivity index (χ2v) is 7.45. The molecule has 0 saturated carbocycles. The van der Waals surface area contributed by atoms with Gasteiger partial charge in [-0.1, -0.05) is 11.6 Å². The van der Waals surface area contributed by atoms with Gasteiger partial charge in [0.25, 0.3) is 0 Å². The van der Waals surface area contributed by atoms with E-state index in [4.69, 9.17) is 11.6 Å². The highest BCUT2D eigenvalue weighted by atomic mass is 35.5. The third-order valence-corrected chi connectivity index (χ3v) is 5.78. The Morgan fingerprint density at radius 1 is 1.28 bits per heavy atom. The first-order valence-electron chi connectivity index (χ1n) is 8.77. The summed E-state index contributed by atoms with van der Waals surface area (Å²) >= 11 is 6.17. The quantitative estimate of drug-likeness (QED) is 0.729. The molecule has 0 fully saturated rings. The van der Waals surface area contributed by atoms with Gasteiger partial charge in [0.2, 0.25) is 5.91 Å². The van der Waals surface area contributed by atoms with Crippen LogP contribution in [0.2, 0.25) is 5.02 Å². The van der Waals surface area contributed by atoms with Crippen molar-refractivity contribution in [2.75, 3.05) is 6.54 Å². The van der Waals surface area contributed by atoms with Crippen molar-refractivity contribution in [1.82, 2.24) is 19.7 Å². The lowest BCUT2D eigenvalue weighted by Gasteiger charge is -2.32. The van der Waals surface area contributed by atoms with E-state index in [0.717, 1.165) is 48.3 Å². The molecule has 2 aliphatic rings. The van der Waals surface area contributed by atoms with Gasteiger partial charge in [-0.2, -0.15) is 5.10 Å². The van der Waals surface area contributed by atoms with E-state index >= 15 is 0 Å². The predicted molar refractivity (Wildman–Crippen MR) is 96.5 cm³/mol. The van der Waals surface area contributed by atoms with Crippen LogP contribution in [0.4, 0.5) is 0 Å². The summed E-state index contributed by atoms with van der Waals surface area (Å²) in [6, 6.07) is 7.94. The molecule has 6 heteroatoms. The van der Waals surface area contributed by atoms with Crippen LogP contribution in [-0.4, -0.2) is 32.1 Å². The largest absolute Gasteiger partial charge is 0.358 e. The Hall–Kier alpha value is -2.27. The van der Waals surface area contributed by atoms with Gasteiger partial charge in [0.05, 0.1) is 0 Å². The Labute approximate surface area is 150 Å². The predicted octanol–water partition coefficient (Wildman–Crippen LogP) is 3.17. The van der Waals surface area contributed by atoms with E-state index in [2.05, 4.69) is 10.1 Å². The number of H-pyrrole nitrogens is 1. The molecule has 3 aromatic rings. The normalized spacial score (nSPS) is 19.7. The fourth-order valence-electron chi connectivity index (χ4n) is 4.21. The number of hydrogen-bond donors (Lipinski definition) is 1. The lowest BCUT2D eigenvalue weighted by atomic mass is 9.93. The summed E-state index contributed by atoms with van der Waals surface area (Å²) in [5.41, 5.74) is 4.73. The number of halogens is 1. The highest BCUT2D eigenvalue weighted by Gasteiger charge is 2.31. The molecule has 1 N–H and O–H groups in total. The molecule has 2 aliphatic heterocycles. The number of hydrogen-bond acceptors (Lipinski definition) is 2. The summed E-state index contributed by atoms with van der Waals surface area (Å²) in [7, 11) is 0. The van der Waals surface area contributed by atoms with Crippen LogP contribution in [0, 0.1) is 5.92 Å². The molecule has 5 rings (SSSR count). The van der Waals surface area contributed by atoms with E-state index in [0.29, 0.717) is 6.54 Å². The first-order chi connectivity index (χ1) is 12.2. The second kappa shape index (κ2) is 5.63. The Balaban J connectivity index is 1.41. The minimum absolute atomic E-state index is 0.0690. The van der Waals surface area contributed by atoms with Gasteiger partial charge >= 0.3 is 0 Å². The third-order valence-electron chi connectivity index (χ3n) is 5.55. The summed E-state index contributed by atoms with van der Waals surface area (Å²) in [6.07, 6.45) is 4.36. The third kappa shape index (κ3) is 2.45. The molecule has 1 atom stereocenters. The standard InChI is InChI=1S/C19H19ClN4O/c20-13-1-2-17-15(10-13)16-11-23(7-5-18(16)22-17)19(25)12-4-8-24-14(9-12)3-6-21-24/h1-3,6,10,12,22H,4-5,7-9,11H2. The number of nitrogens with one attached hydrogen (secondary N) is 1. The van der Waals surface area contributed by atoms with Crippen molar-refractivity contribution in [3.05, 3.63) is 52.4 Å². The van der Waals surface area contributed by atoms with E-state index < -0.39 is 0 Å². The van der Waals surface area contributed by atoms with Crippen LogP contribution in [0.5, 0.6) is 0 Å². The number of aromatic nitrogens is 3. The average molecular weight is 355 g/mol. The molecular weight excluding hydrogens is 336 g/mol. The van der Waals surface area contributed by atoms with E-state index in [1.54, 1.807) is 0 Å². The summed E-state index contributed by atoms with van der Waals surface area (Å²) in [4.78, 5) is 18.6. The van der Waals surface area contributed by atoms with Crippen LogP contribution in [0.25, 0.3) is 10.9 Å². The number of aryl methyl sites for hydroxylation is 1. The van der Waals surface area contributed by atoms with Crippen molar-refractivity contribution in [3.63, 3.8) is 0 Å². The molecule has 0 radical (unpaired) electrons. The van der Waals surface area contributed by atoms with Crippen molar-refractivity contribution < 1.29 is 4.79 Å². The molecule has 1 amide bonds. The number of carbonyl (C=O) groups is 1. The van der Waals surface area contributed by atoms with E-state index in [9.17, 15) is 4.79 Å². The maximum absolute atomic E-state index is 13.1. The Morgan fingerprint density at radius 2 is 2.20 bits per heavy atom. The molecular formula is C19H19ClN4O. The lowest BCUT2D eigenvalue weighted by Crippen LogP contribution is -2.41. The smallest absolute Gasteiger partial charge is 0.226 e. The Morgan fingerprint density at radius 3 is 3.12 bits per heavy atom. The minimum atomic E-state index is 0.0690. The van der Waals surface area contributed by atoms with Gasteiger partial charge in [-0.05, 0) is 30.7 Å². The Kier molecular flexibility index (Phi) is 3.38. The number of benzene rings is 1. The maximum atomic E-state index is 13.1. The van der Waals surface area contributed by atoms with Crippen LogP contribution < -0.4 is 0 Å². The fourth-order valence-corrected chi connectivity index (χ4v) is 4.38. The Bertz CT molecular complexity index is 973. The van der Waals surface area contributed by atoms with Crippen LogP contribution in [0.3, 0.4) is 0 Å².